The molecule has 5 nitrogen and oxygen atoms in total. The third kappa shape index (κ3) is 4.48. The summed E-state index contributed by atoms with van der Waals surface area (Å²) in [6.45, 7) is 3.87. The molecule has 0 spiro atoms. The second-order valence-electron chi connectivity index (χ2n) is 5.63. The van der Waals surface area contributed by atoms with Crippen LogP contribution in [0.25, 0.3) is 0 Å². The Morgan fingerprint density at radius 2 is 1.86 bits per heavy atom. The molecular weight excluding hydrogens is 280 g/mol. The normalized spacial score (nSPS) is 15.6. The van der Waals surface area contributed by atoms with E-state index >= 15 is 0 Å². The zero-order valence-corrected chi connectivity index (χ0v) is 13.1. The first-order valence-electron chi connectivity index (χ1n) is 7.89. The number of nitrogens with zero attached hydrogens (tertiary/aromatic N) is 1. The minimum absolute atomic E-state index is 0.0739. The minimum atomic E-state index is -0.249. The van der Waals surface area contributed by atoms with Gasteiger partial charge in [0.25, 0.3) is 0 Å². The van der Waals surface area contributed by atoms with Gasteiger partial charge >= 0.3 is 0 Å². The van der Waals surface area contributed by atoms with Crippen LogP contribution >= 0.6 is 0 Å². The molecule has 22 heavy (non-hydrogen) atoms. The highest BCUT2D eigenvalue weighted by Gasteiger charge is 2.25. The second kappa shape index (κ2) is 7.82. The molecule has 0 atom stereocenters. The summed E-state index contributed by atoms with van der Waals surface area (Å²) in [5.74, 6) is 0.680. The molecule has 0 unspecified atom stereocenters. The summed E-state index contributed by atoms with van der Waals surface area (Å²) in [6, 6.07) is 7.86. The van der Waals surface area contributed by atoms with Crippen molar-refractivity contribution in [3.05, 3.63) is 29.8 Å². The predicted molar refractivity (Wildman–Crippen MR) is 84.4 cm³/mol. The molecule has 1 aliphatic rings. The SMILES string of the molecule is CCOc1ccc(CCC(=O)N2CCC(C(N)=O)CC2)cc1. The summed E-state index contributed by atoms with van der Waals surface area (Å²) in [7, 11) is 0. The number of amides is 2. The largest absolute Gasteiger partial charge is 0.494 e. The van der Waals surface area contributed by atoms with Gasteiger partial charge in [0.2, 0.25) is 11.8 Å². The molecule has 120 valence electrons. The number of aryl methyl sites for hydroxylation is 1. The van der Waals surface area contributed by atoms with Crippen molar-refractivity contribution in [1.82, 2.24) is 4.90 Å². The first kappa shape index (κ1) is 16.3. The Hall–Kier alpha value is -2.04. The number of carbonyl (C=O) groups is 2. The van der Waals surface area contributed by atoms with E-state index in [-0.39, 0.29) is 17.7 Å². The molecule has 1 aliphatic heterocycles. The Kier molecular flexibility index (Phi) is 5.81. The number of nitrogens with two attached hydrogens (primary N) is 1. The van der Waals surface area contributed by atoms with Crippen molar-refractivity contribution in [2.24, 2.45) is 11.7 Å². The van der Waals surface area contributed by atoms with Gasteiger partial charge in [0, 0.05) is 25.4 Å². The maximum Gasteiger partial charge on any atom is 0.222 e. The monoisotopic (exact) mass is 304 g/mol. The number of hydrogen-bond acceptors (Lipinski definition) is 3. The van der Waals surface area contributed by atoms with Crippen molar-refractivity contribution >= 4 is 11.8 Å². The number of likely N-dealkylation sites (tertiary alicyclic amines) is 1. The smallest absolute Gasteiger partial charge is 0.222 e. The number of carbonyl (C=O) groups excluding carboxylic acids is 2. The summed E-state index contributed by atoms with van der Waals surface area (Å²) in [4.78, 5) is 25.2. The lowest BCUT2D eigenvalue weighted by atomic mass is 9.96. The molecule has 2 rings (SSSR count). The summed E-state index contributed by atoms with van der Waals surface area (Å²) in [6.07, 6.45) is 2.59. The van der Waals surface area contributed by atoms with Crippen molar-refractivity contribution in [3.63, 3.8) is 0 Å². The molecule has 0 saturated carbocycles. The van der Waals surface area contributed by atoms with Crippen LogP contribution in [0.5, 0.6) is 5.75 Å². The van der Waals surface area contributed by atoms with E-state index in [2.05, 4.69) is 0 Å². The summed E-state index contributed by atoms with van der Waals surface area (Å²) in [5.41, 5.74) is 6.43. The molecule has 0 aromatic heterocycles. The number of primary amides is 1. The van der Waals surface area contributed by atoms with Crippen LogP contribution in [0.2, 0.25) is 0 Å². The third-order valence-electron chi connectivity index (χ3n) is 4.11. The molecule has 0 bridgehead atoms. The standard InChI is InChI=1S/C17H24N2O3/c1-2-22-15-6-3-13(4-7-15)5-8-16(20)19-11-9-14(10-12-19)17(18)21/h3-4,6-7,14H,2,5,8-12H2,1H3,(H2,18,21). The molecule has 2 N–H and O–H groups in total. The van der Waals surface area contributed by atoms with E-state index in [0.717, 1.165) is 17.7 Å². The first-order chi connectivity index (χ1) is 10.6. The Morgan fingerprint density at radius 3 is 2.41 bits per heavy atom. The highest BCUT2D eigenvalue weighted by Crippen LogP contribution is 2.18. The zero-order chi connectivity index (χ0) is 15.9. The number of hydrogen-bond donors (Lipinski definition) is 1. The van der Waals surface area contributed by atoms with Crippen LogP contribution in [0.4, 0.5) is 0 Å². The second-order valence-corrected chi connectivity index (χ2v) is 5.63. The van der Waals surface area contributed by atoms with Gasteiger partial charge < -0.3 is 15.4 Å². The van der Waals surface area contributed by atoms with Crippen LogP contribution in [0.1, 0.15) is 31.7 Å². The van der Waals surface area contributed by atoms with E-state index in [1.165, 1.54) is 0 Å². The lowest BCUT2D eigenvalue weighted by molar-refractivity contribution is -0.134. The van der Waals surface area contributed by atoms with Crippen molar-refractivity contribution < 1.29 is 14.3 Å². The molecule has 1 saturated heterocycles. The van der Waals surface area contributed by atoms with Gasteiger partial charge in [0.05, 0.1) is 6.61 Å². The molecule has 1 heterocycles. The van der Waals surface area contributed by atoms with E-state index < -0.39 is 0 Å². The lowest BCUT2D eigenvalue weighted by Gasteiger charge is -2.30. The maximum atomic E-state index is 12.2. The van der Waals surface area contributed by atoms with Crippen LogP contribution < -0.4 is 10.5 Å². The molecular formula is C17H24N2O3. The van der Waals surface area contributed by atoms with E-state index in [1.807, 2.05) is 36.1 Å². The highest BCUT2D eigenvalue weighted by atomic mass is 16.5. The van der Waals surface area contributed by atoms with Crippen molar-refractivity contribution in [1.29, 1.82) is 0 Å². The fraction of sp³-hybridized carbons (Fsp3) is 0.529. The fourth-order valence-corrected chi connectivity index (χ4v) is 2.74. The molecule has 2 amide bonds. The zero-order valence-electron chi connectivity index (χ0n) is 13.1. The van der Waals surface area contributed by atoms with Crippen LogP contribution in [0.15, 0.2) is 24.3 Å². The van der Waals surface area contributed by atoms with Gasteiger partial charge in [0.1, 0.15) is 5.75 Å². The van der Waals surface area contributed by atoms with Gasteiger partial charge in [-0.2, -0.15) is 0 Å². The van der Waals surface area contributed by atoms with Gasteiger partial charge in [-0.1, -0.05) is 12.1 Å². The lowest BCUT2D eigenvalue weighted by Crippen LogP contribution is -2.41. The van der Waals surface area contributed by atoms with Crippen molar-refractivity contribution in [2.75, 3.05) is 19.7 Å². The van der Waals surface area contributed by atoms with Gasteiger partial charge in [-0.15, -0.1) is 0 Å². The van der Waals surface area contributed by atoms with Gasteiger partial charge in [-0.25, -0.2) is 0 Å². The topological polar surface area (TPSA) is 72.6 Å². The third-order valence-corrected chi connectivity index (χ3v) is 4.11. The van der Waals surface area contributed by atoms with Crippen LogP contribution in [-0.2, 0) is 16.0 Å². The Balaban J connectivity index is 1.77. The van der Waals surface area contributed by atoms with E-state index in [9.17, 15) is 9.59 Å². The number of rotatable bonds is 6. The number of benzene rings is 1. The van der Waals surface area contributed by atoms with E-state index in [0.29, 0.717) is 39.0 Å². The highest BCUT2D eigenvalue weighted by molar-refractivity contribution is 5.79. The summed E-state index contributed by atoms with van der Waals surface area (Å²) >= 11 is 0. The Labute approximate surface area is 131 Å². The van der Waals surface area contributed by atoms with Crippen molar-refractivity contribution in [2.45, 2.75) is 32.6 Å². The van der Waals surface area contributed by atoms with Gasteiger partial charge in [-0.3, -0.25) is 9.59 Å². The maximum absolute atomic E-state index is 12.2. The van der Waals surface area contributed by atoms with Gasteiger partial charge in [-0.05, 0) is 43.9 Å². The molecule has 5 heteroatoms. The van der Waals surface area contributed by atoms with E-state index in [1.54, 1.807) is 0 Å². The molecule has 0 radical (unpaired) electrons. The molecule has 0 aliphatic carbocycles. The average Bonchev–Trinajstić information content (AvgIpc) is 2.54. The molecule has 1 fully saturated rings. The quantitative estimate of drug-likeness (QED) is 0.870. The molecule has 1 aromatic rings. The Bertz CT molecular complexity index is 505. The fourth-order valence-electron chi connectivity index (χ4n) is 2.74. The van der Waals surface area contributed by atoms with Gasteiger partial charge in [0.15, 0.2) is 0 Å². The number of piperidine rings is 1. The van der Waals surface area contributed by atoms with E-state index in [4.69, 9.17) is 10.5 Å². The number of ether oxygens (including phenoxy) is 1. The van der Waals surface area contributed by atoms with Crippen molar-refractivity contribution in [3.8, 4) is 5.75 Å². The van der Waals surface area contributed by atoms with Crippen LogP contribution in [0, 0.1) is 5.92 Å². The summed E-state index contributed by atoms with van der Waals surface area (Å²) < 4.78 is 5.40. The van der Waals surface area contributed by atoms with Crippen LogP contribution in [-0.4, -0.2) is 36.4 Å². The Morgan fingerprint density at radius 1 is 1.23 bits per heavy atom. The minimum Gasteiger partial charge on any atom is -0.494 e. The summed E-state index contributed by atoms with van der Waals surface area (Å²) in [5, 5.41) is 0. The average molecular weight is 304 g/mol. The molecule has 1 aromatic carbocycles. The first-order valence-corrected chi connectivity index (χ1v) is 7.89. The van der Waals surface area contributed by atoms with Crippen LogP contribution in [0.3, 0.4) is 0 Å². The predicted octanol–water partition coefficient (Wildman–Crippen LogP) is 1.74.